The molecule has 6 nitrogen and oxygen atoms in total. The molecule has 0 saturated carbocycles. The van der Waals surface area contributed by atoms with Crippen molar-refractivity contribution >= 4 is 23.3 Å². The van der Waals surface area contributed by atoms with Crippen LogP contribution in [-0.2, 0) is 16.0 Å². The smallest absolute Gasteiger partial charge is 0.262 e. The molecule has 0 unspecified atom stereocenters. The normalized spacial score (nSPS) is 10.2. The number of carbonyl (C=O) groups is 3. The van der Waals surface area contributed by atoms with E-state index in [0.717, 1.165) is 5.56 Å². The zero-order chi connectivity index (χ0) is 19.8. The molecule has 0 spiro atoms. The van der Waals surface area contributed by atoms with Crippen LogP contribution >= 0.6 is 0 Å². The molecular weight excluding hydrogens is 344 g/mol. The molecule has 6 heteroatoms. The second-order valence-electron chi connectivity index (χ2n) is 6.24. The monoisotopic (exact) mass is 368 g/mol. The lowest BCUT2D eigenvalue weighted by Crippen LogP contribution is -2.23. The first kappa shape index (κ1) is 20.2. The van der Waals surface area contributed by atoms with Gasteiger partial charge in [-0.25, -0.2) is 0 Å². The molecule has 0 aromatic heterocycles. The molecule has 0 aliphatic rings. The topological polar surface area (TPSA) is 84.5 Å². The Morgan fingerprint density at radius 1 is 1.04 bits per heavy atom. The Bertz CT molecular complexity index is 829. The quantitative estimate of drug-likeness (QED) is 0.750. The van der Waals surface area contributed by atoms with Crippen LogP contribution in [0.3, 0.4) is 0 Å². The second kappa shape index (κ2) is 9.52. The van der Waals surface area contributed by atoms with Gasteiger partial charge in [-0.15, -0.1) is 0 Å². The Morgan fingerprint density at radius 2 is 1.74 bits per heavy atom. The van der Waals surface area contributed by atoms with Gasteiger partial charge in [0.2, 0.25) is 0 Å². The van der Waals surface area contributed by atoms with Crippen LogP contribution in [0.15, 0.2) is 42.5 Å². The molecule has 0 aliphatic heterocycles. The summed E-state index contributed by atoms with van der Waals surface area (Å²) < 4.78 is 5.50. The van der Waals surface area contributed by atoms with Gasteiger partial charge in [-0.1, -0.05) is 18.2 Å². The van der Waals surface area contributed by atoms with Crippen molar-refractivity contribution in [2.45, 2.75) is 26.7 Å². The van der Waals surface area contributed by atoms with E-state index in [1.165, 1.54) is 0 Å². The predicted molar refractivity (Wildman–Crippen MR) is 104 cm³/mol. The molecule has 0 aliphatic carbocycles. The van der Waals surface area contributed by atoms with Gasteiger partial charge in [-0.05, 0) is 55.7 Å². The maximum Gasteiger partial charge on any atom is 0.262 e. The zero-order valence-electron chi connectivity index (χ0n) is 15.8. The lowest BCUT2D eigenvalue weighted by molar-refractivity contribution is -0.118. The third-order valence-corrected chi connectivity index (χ3v) is 4.14. The first-order valence-electron chi connectivity index (χ1n) is 8.73. The third-order valence-electron chi connectivity index (χ3n) is 4.14. The Morgan fingerprint density at radius 3 is 2.37 bits per heavy atom. The number of benzene rings is 2. The van der Waals surface area contributed by atoms with Gasteiger partial charge in [0.05, 0.1) is 0 Å². The van der Waals surface area contributed by atoms with E-state index >= 15 is 0 Å². The van der Waals surface area contributed by atoms with Gasteiger partial charge >= 0.3 is 0 Å². The van der Waals surface area contributed by atoms with Crippen molar-refractivity contribution in [1.29, 1.82) is 0 Å². The Labute approximate surface area is 158 Å². The van der Waals surface area contributed by atoms with Gasteiger partial charge in [-0.3, -0.25) is 9.59 Å². The predicted octanol–water partition coefficient (Wildman–Crippen LogP) is 2.89. The van der Waals surface area contributed by atoms with Crippen molar-refractivity contribution in [2.24, 2.45) is 0 Å². The van der Waals surface area contributed by atoms with Crippen LogP contribution in [-0.4, -0.2) is 31.3 Å². The van der Waals surface area contributed by atoms with Crippen molar-refractivity contribution in [2.75, 3.05) is 19.0 Å². The van der Waals surface area contributed by atoms with Crippen molar-refractivity contribution in [3.8, 4) is 5.75 Å². The average Bonchev–Trinajstić information content (AvgIpc) is 2.66. The molecule has 0 fully saturated rings. The summed E-state index contributed by atoms with van der Waals surface area (Å²) in [4.78, 5) is 35.0. The highest BCUT2D eigenvalue weighted by Gasteiger charge is 2.12. The second-order valence-corrected chi connectivity index (χ2v) is 6.24. The van der Waals surface area contributed by atoms with Crippen LogP contribution in [0.1, 0.15) is 34.8 Å². The van der Waals surface area contributed by atoms with E-state index in [1.54, 1.807) is 51.2 Å². The largest absolute Gasteiger partial charge is 0.484 e. The standard InChI is InChI=1S/C21H24N2O4/c1-14(24)7-8-16-9-11-17(12-10-16)27-13-20(25)23-19-6-4-5-18(15(19)2)21(26)22-3/h4-6,9-12H,7-8,13H2,1-3H3,(H,22,26)(H,23,25). The van der Waals surface area contributed by atoms with Gasteiger partial charge in [0.25, 0.3) is 11.8 Å². The van der Waals surface area contributed by atoms with E-state index in [-0.39, 0.29) is 24.2 Å². The number of aryl methyl sites for hydroxylation is 1. The molecule has 2 rings (SSSR count). The summed E-state index contributed by atoms with van der Waals surface area (Å²) in [7, 11) is 1.56. The molecule has 0 radical (unpaired) electrons. The van der Waals surface area contributed by atoms with Gasteiger partial charge in [0, 0.05) is 24.7 Å². The van der Waals surface area contributed by atoms with E-state index in [0.29, 0.717) is 35.4 Å². The molecule has 2 aromatic rings. The highest BCUT2D eigenvalue weighted by atomic mass is 16.5. The van der Waals surface area contributed by atoms with Crippen molar-refractivity contribution in [3.05, 3.63) is 59.2 Å². The Kier molecular flexibility index (Phi) is 7.11. The number of nitrogens with one attached hydrogen (secondary N) is 2. The molecule has 0 atom stereocenters. The fraction of sp³-hybridized carbons (Fsp3) is 0.286. The molecule has 2 N–H and O–H groups in total. The van der Waals surface area contributed by atoms with Crippen LogP contribution in [0.2, 0.25) is 0 Å². The van der Waals surface area contributed by atoms with Crippen LogP contribution in [0.25, 0.3) is 0 Å². The summed E-state index contributed by atoms with van der Waals surface area (Å²) in [6, 6.07) is 12.5. The van der Waals surface area contributed by atoms with E-state index in [1.807, 2.05) is 12.1 Å². The maximum atomic E-state index is 12.2. The molecule has 142 valence electrons. The number of rotatable bonds is 8. The van der Waals surface area contributed by atoms with E-state index < -0.39 is 0 Å². The van der Waals surface area contributed by atoms with Crippen LogP contribution in [0, 0.1) is 6.92 Å². The first-order chi connectivity index (χ1) is 12.9. The van der Waals surface area contributed by atoms with Gasteiger partial charge in [0.15, 0.2) is 6.61 Å². The molecule has 2 amide bonds. The molecule has 0 bridgehead atoms. The molecule has 27 heavy (non-hydrogen) atoms. The van der Waals surface area contributed by atoms with E-state index in [9.17, 15) is 14.4 Å². The SMILES string of the molecule is CNC(=O)c1cccc(NC(=O)COc2ccc(CCC(C)=O)cc2)c1C. The molecule has 0 heterocycles. The highest BCUT2D eigenvalue weighted by Crippen LogP contribution is 2.19. The number of ether oxygens (including phenoxy) is 1. The van der Waals surface area contributed by atoms with E-state index in [4.69, 9.17) is 4.74 Å². The maximum absolute atomic E-state index is 12.2. The Balaban J connectivity index is 1.91. The summed E-state index contributed by atoms with van der Waals surface area (Å²) in [5, 5.41) is 5.34. The van der Waals surface area contributed by atoms with Crippen LogP contribution in [0.5, 0.6) is 5.75 Å². The van der Waals surface area contributed by atoms with Gasteiger partial charge in [0.1, 0.15) is 11.5 Å². The van der Waals surface area contributed by atoms with Gasteiger partial charge in [-0.2, -0.15) is 0 Å². The number of hydrogen-bond donors (Lipinski definition) is 2. The minimum atomic E-state index is -0.312. The van der Waals surface area contributed by atoms with Crippen molar-refractivity contribution < 1.29 is 19.1 Å². The number of hydrogen-bond acceptors (Lipinski definition) is 4. The van der Waals surface area contributed by atoms with Crippen molar-refractivity contribution in [3.63, 3.8) is 0 Å². The summed E-state index contributed by atoms with van der Waals surface area (Å²) in [6.45, 7) is 3.21. The molecule has 2 aromatic carbocycles. The molecule has 0 saturated heterocycles. The van der Waals surface area contributed by atoms with E-state index in [2.05, 4.69) is 10.6 Å². The summed E-state index contributed by atoms with van der Waals surface area (Å²) in [5.41, 5.74) is 2.82. The minimum Gasteiger partial charge on any atom is -0.484 e. The Hall–Kier alpha value is -3.15. The number of carbonyl (C=O) groups excluding carboxylic acids is 3. The zero-order valence-corrected chi connectivity index (χ0v) is 15.8. The molecular formula is C21H24N2O4. The first-order valence-corrected chi connectivity index (χ1v) is 8.73. The van der Waals surface area contributed by atoms with Gasteiger partial charge < -0.3 is 20.2 Å². The van der Waals surface area contributed by atoms with Crippen LogP contribution in [0.4, 0.5) is 5.69 Å². The lowest BCUT2D eigenvalue weighted by Gasteiger charge is -2.12. The summed E-state index contributed by atoms with van der Waals surface area (Å²) >= 11 is 0. The van der Waals surface area contributed by atoms with Crippen LogP contribution < -0.4 is 15.4 Å². The lowest BCUT2D eigenvalue weighted by atomic mass is 10.1. The third kappa shape index (κ3) is 5.95. The van der Waals surface area contributed by atoms with Crippen molar-refractivity contribution in [1.82, 2.24) is 5.32 Å². The summed E-state index contributed by atoms with van der Waals surface area (Å²) in [5.74, 6) is 0.216. The average molecular weight is 368 g/mol. The number of amides is 2. The fourth-order valence-electron chi connectivity index (χ4n) is 2.56. The number of ketones is 1. The number of Topliss-reactive ketones (excluding diaryl/α,β-unsaturated/α-hetero) is 1. The minimum absolute atomic E-state index is 0.142. The fourth-order valence-corrected chi connectivity index (χ4v) is 2.56. The summed E-state index contributed by atoms with van der Waals surface area (Å²) in [6.07, 6.45) is 1.20. The number of anilines is 1. The highest BCUT2D eigenvalue weighted by molar-refractivity contribution is 5.99.